The van der Waals surface area contributed by atoms with Gasteiger partial charge in [0.25, 0.3) is 0 Å². The third-order valence-corrected chi connectivity index (χ3v) is 8.33. The minimum Gasteiger partial charge on any atom is -0.309 e. The Kier molecular flexibility index (Phi) is 4.33. The van der Waals surface area contributed by atoms with Crippen molar-refractivity contribution >= 4 is 65.2 Å². The minimum absolute atomic E-state index is 0.957. The first-order chi connectivity index (χ1) is 19.9. The van der Waals surface area contributed by atoms with Crippen LogP contribution in [-0.4, -0.2) is 14.1 Å². The Morgan fingerprint density at radius 1 is 0.400 bits per heavy atom. The fourth-order valence-electron chi connectivity index (χ4n) is 6.66. The second-order valence-corrected chi connectivity index (χ2v) is 10.4. The summed E-state index contributed by atoms with van der Waals surface area (Å²) < 4.78 is 4.82. The van der Waals surface area contributed by atoms with E-state index in [0.717, 1.165) is 22.4 Å². The van der Waals surface area contributed by atoms with Crippen LogP contribution < -0.4 is 0 Å². The van der Waals surface area contributed by atoms with Crippen molar-refractivity contribution in [3.63, 3.8) is 0 Å². The fourth-order valence-corrected chi connectivity index (χ4v) is 6.66. The van der Waals surface area contributed by atoms with Gasteiger partial charge >= 0.3 is 0 Å². The van der Waals surface area contributed by atoms with Gasteiger partial charge in [0.2, 0.25) is 0 Å². The Bertz CT molecular complexity index is 2420. The van der Waals surface area contributed by atoms with Crippen LogP contribution in [0.5, 0.6) is 0 Å². The lowest BCUT2D eigenvalue weighted by atomic mass is 10.0. The number of benzene rings is 6. The molecule has 0 aliphatic carbocycles. The highest BCUT2D eigenvalue weighted by atomic mass is 15.1. The van der Waals surface area contributed by atoms with Gasteiger partial charge in [-0.3, -0.25) is 4.57 Å². The van der Waals surface area contributed by atoms with E-state index in [1.807, 2.05) is 6.20 Å². The van der Waals surface area contributed by atoms with E-state index in [4.69, 9.17) is 4.98 Å². The average molecular weight is 510 g/mol. The summed E-state index contributed by atoms with van der Waals surface area (Å²) in [7, 11) is 0. The van der Waals surface area contributed by atoms with Crippen molar-refractivity contribution in [3.05, 3.63) is 140 Å². The highest BCUT2D eigenvalue weighted by molar-refractivity contribution is 6.29. The summed E-state index contributed by atoms with van der Waals surface area (Å²) in [6, 6.07) is 47.9. The molecule has 0 saturated heterocycles. The molecule has 0 spiro atoms. The molecule has 0 fully saturated rings. The fraction of sp³-hybridized carbons (Fsp3) is 0. The Morgan fingerprint density at radius 3 is 1.93 bits per heavy atom. The van der Waals surface area contributed by atoms with Crippen LogP contribution in [0.25, 0.3) is 76.7 Å². The normalized spacial score (nSPS) is 12.0. The van der Waals surface area contributed by atoms with Gasteiger partial charge in [0, 0.05) is 44.2 Å². The summed E-state index contributed by atoms with van der Waals surface area (Å²) in [6.07, 6.45) is 1.93. The van der Waals surface area contributed by atoms with Crippen molar-refractivity contribution < 1.29 is 0 Å². The number of para-hydroxylation sites is 2. The SMILES string of the molecule is c1ccc(-n2c3ccc4c5ccccc5n(-c5nccc6ccccc56)c4c3c3ccc4ccccc4c32)cc1. The molecule has 3 nitrogen and oxygen atoms in total. The monoisotopic (exact) mass is 509 g/mol. The lowest BCUT2D eigenvalue weighted by Gasteiger charge is -2.11. The Labute approximate surface area is 230 Å². The molecule has 40 heavy (non-hydrogen) atoms. The van der Waals surface area contributed by atoms with Gasteiger partial charge in [0.15, 0.2) is 0 Å². The largest absolute Gasteiger partial charge is 0.309 e. The predicted molar refractivity (Wildman–Crippen MR) is 168 cm³/mol. The van der Waals surface area contributed by atoms with E-state index < -0.39 is 0 Å². The highest BCUT2D eigenvalue weighted by Crippen LogP contribution is 2.44. The van der Waals surface area contributed by atoms with Crippen LogP contribution in [0.1, 0.15) is 0 Å². The second-order valence-electron chi connectivity index (χ2n) is 10.4. The summed E-state index contributed by atoms with van der Waals surface area (Å²) >= 11 is 0. The zero-order chi connectivity index (χ0) is 26.2. The van der Waals surface area contributed by atoms with Gasteiger partial charge in [-0.2, -0.15) is 0 Å². The van der Waals surface area contributed by atoms with Crippen molar-refractivity contribution in [1.82, 2.24) is 14.1 Å². The maximum Gasteiger partial charge on any atom is 0.145 e. The molecule has 6 aromatic carbocycles. The summed E-state index contributed by atoms with van der Waals surface area (Å²) in [6.45, 7) is 0. The van der Waals surface area contributed by atoms with Gasteiger partial charge in [-0.1, -0.05) is 103 Å². The zero-order valence-corrected chi connectivity index (χ0v) is 21.6. The van der Waals surface area contributed by atoms with E-state index in [1.165, 1.54) is 54.3 Å². The van der Waals surface area contributed by atoms with Crippen LogP contribution in [0.3, 0.4) is 0 Å². The number of nitrogens with zero attached hydrogens (tertiary/aromatic N) is 3. The van der Waals surface area contributed by atoms with Crippen molar-refractivity contribution in [1.29, 1.82) is 0 Å². The van der Waals surface area contributed by atoms with E-state index in [1.54, 1.807) is 0 Å². The number of fused-ring (bicyclic) bond motifs is 10. The molecular formula is C37H23N3. The quantitative estimate of drug-likeness (QED) is 0.227. The molecule has 3 heterocycles. The molecule has 0 amide bonds. The van der Waals surface area contributed by atoms with Gasteiger partial charge in [-0.15, -0.1) is 0 Å². The molecule has 0 aliphatic heterocycles. The van der Waals surface area contributed by atoms with Crippen molar-refractivity contribution in [2.24, 2.45) is 0 Å². The van der Waals surface area contributed by atoms with Gasteiger partial charge in [0.1, 0.15) is 5.82 Å². The van der Waals surface area contributed by atoms with Gasteiger partial charge < -0.3 is 4.57 Å². The Balaban J connectivity index is 1.58. The summed E-state index contributed by atoms with van der Waals surface area (Å²) in [5.74, 6) is 0.957. The molecule has 9 aromatic rings. The lowest BCUT2D eigenvalue weighted by Crippen LogP contribution is -1.99. The zero-order valence-electron chi connectivity index (χ0n) is 21.6. The van der Waals surface area contributed by atoms with E-state index in [2.05, 4.69) is 143 Å². The van der Waals surface area contributed by atoms with Crippen LogP contribution in [0.2, 0.25) is 0 Å². The third-order valence-electron chi connectivity index (χ3n) is 8.33. The molecule has 3 aromatic heterocycles. The molecule has 0 N–H and O–H groups in total. The van der Waals surface area contributed by atoms with Gasteiger partial charge in [-0.25, -0.2) is 4.98 Å². The molecule has 186 valence electrons. The smallest absolute Gasteiger partial charge is 0.145 e. The summed E-state index contributed by atoms with van der Waals surface area (Å²) in [5.41, 5.74) is 5.93. The van der Waals surface area contributed by atoms with Crippen LogP contribution in [-0.2, 0) is 0 Å². The molecule has 3 heteroatoms. The van der Waals surface area contributed by atoms with Crippen LogP contribution in [0.15, 0.2) is 140 Å². The molecule has 0 saturated carbocycles. The van der Waals surface area contributed by atoms with Crippen LogP contribution in [0.4, 0.5) is 0 Å². The van der Waals surface area contributed by atoms with Gasteiger partial charge in [-0.05, 0) is 41.1 Å². The predicted octanol–water partition coefficient (Wildman–Crippen LogP) is 9.58. The van der Waals surface area contributed by atoms with Gasteiger partial charge in [0.05, 0.1) is 22.1 Å². The number of hydrogen-bond donors (Lipinski definition) is 0. The lowest BCUT2D eigenvalue weighted by molar-refractivity contribution is 1.10. The first kappa shape index (κ1) is 21.5. The molecule has 0 bridgehead atoms. The molecule has 0 radical (unpaired) electrons. The number of aromatic nitrogens is 3. The molecular weight excluding hydrogens is 486 g/mol. The van der Waals surface area contributed by atoms with E-state index in [9.17, 15) is 0 Å². The third kappa shape index (κ3) is 2.81. The standard InChI is InChI=1S/C37H23N3/c1-2-12-26(13-3-1)39-33-21-20-30-29-16-8-9-17-32(29)40(37-28-15-7-5-11-25(28)22-23-38-37)36(30)34(33)31-19-18-24-10-4-6-14-27(24)35(31)39/h1-23H. The van der Waals surface area contributed by atoms with E-state index in [-0.39, 0.29) is 0 Å². The van der Waals surface area contributed by atoms with Crippen molar-refractivity contribution in [2.45, 2.75) is 0 Å². The maximum atomic E-state index is 5.01. The summed E-state index contributed by atoms with van der Waals surface area (Å²) in [4.78, 5) is 5.01. The Morgan fingerprint density at radius 2 is 1.07 bits per heavy atom. The first-order valence-corrected chi connectivity index (χ1v) is 13.7. The highest BCUT2D eigenvalue weighted by Gasteiger charge is 2.22. The molecule has 9 rings (SSSR count). The maximum absolute atomic E-state index is 5.01. The average Bonchev–Trinajstić information content (AvgIpc) is 3.54. The number of hydrogen-bond acceptors (Lipinski definition) is 1. The van der Waals surface area contributed by atoms with Crippen LogP contribution in [0, 0.1) is 0 Å². The molecule has 0 unspecified atom stereocenters. The molecule has 0 aliphatic rings. The van der Waals surface area contributed by atoms with Crippen molar-refractivity contribution in [2.75, 3.05) is 0 Å². The topological polar surface area (TPSA) is 22.8 Å². The van der Waals surface area contributed by atoms with E-state index in [0.29, 0.717) is 0 Å². The van der Waals surface area contributed by atoms with Crippen molar-refractivity contribution in [3.8, 4) is 11.5 Å². The van der Waals surface area contributed by atoms with E-state index >= 15 is 0 Å². The summed E-state index contributed by atoms with van der Waals surface area (Å²) in [5, 5.41) is 9.76. The second kappa shape index (κ2) is 8.05. The number of rotatable bonds is 2. The van der Waals surface area contributed by atoms with Crippen LogP contribution >= 0.6 is 0 Å². The molecule has 0 atom stereocenters. The first-order valence-electron chi connectivity index (χ1n) is 13.7. The number of pyridine rings is 1. The minimum atomic E-state index is 0.957. The Hall–Kier alpha value is -5.41.